The van der Waals surface area contributed by atoms with Crippen LogP contribution in [0.5, 0.6) is 5.75 Å². The van der Waals surface area contributed by atoms with E-state index in [0.717, 1.165) is 27.2 Å². The van der Waals surface area contributed by atoms with Gasteiger partial charge in [-0.05, 0) is 40.2 Å². The topological polar surface area (TPSA) is 63.9 Å². The van der Waals surface area contributed by atoms with Gasteiger partial charge >= 0.3 is 0 Å². The monoisotopic (exact) mass is 281 g/mol. The molecule has 16 heavy (non-hydrogen) atoms. The molecule has 3 N–H and O–H groups in total. The van der Waals surface area contributed by atoms with Crippen molar-refractivity contribution in [1.29, 1.82) is 0 Å². The van der Waals surface area contributed by atoms with Crippen LogP contribution >= 0.6 is 15.9 Å². The Balaban J connectivity index is 2.37. The minimum atomic E-state index is 0.463. The summed E-state index contributed by atoms with van der Waals surface area (Å²) in [6.45, 7) is 0.463. The standard InChI is InChI=1S/C11H12BrN3O/c1-16-11-3-2-7(4-9(11)12)10-5-8(6-13)14-15-10/h2-5H,6,13H2,1H3,(H,14,15). The zero-order valence-corrected chi connectivity index (χ0v) is 10.4. The number of rotatable bonds is 3. The van der Waals surface area contributed by atoms with Crippen LogP contribution in [-0.4, -0.2) is 17.3 Å². The minimum absolute atomic E-state index is 0.463. The Bertz CT molecular complexity index is 496. The fraction of sp³-hybridized carbons (Fsp3) is 0.182. The highest BCUT2D eigenvalue weighted by molar-refractivity contribution is 9.10. The fourth-order valence-corrected chi connectivity index (χ4v) is 1.98. The summed E-state index contributed by atoms with van der Waals surface area (Å²) in [5, 5.41) is 7.07. The molecule has 2 rings (SSSR count). The Kier molecular flexibility index (Phi) is 3.26. The summed E-state index contributed by atoms with van der Waals surface area (Å²) in [7, 11) is 1.64. The van der Waals surface area contributed by atoms with Gasteiger partial charge in [-0.2, -0.15) is 5.10 Å². The second-order valence-corrected chi connectivity index (χ2v) is 4.19. The van der Waals surface area contributed by atoms with Gasteiger partial charge in [0.25, 0.3) is 0 Å². The average Bonchev–Trinajstić information content (AvgIpc) is 2.77. The number of nitrogens with one attached hydrogen (secondary N) is 1. The molecule has 0 saturated heterocycles. The highest BCUT2D eigenvalue weighted by Gasteiger charge is 2.06. The lowest BCUT2D eigenvalue weighted by atomic mass is 10.1. The third-order valence-corrected chi connectivity index (χ3v) is 2.92. The van der Waals surface area contributed by atoms with E-state index in [1.807, 2.05) is 24.3 Å². The van der Waals surface area contributed by atoms with Gasteiger partial charge in [-0.3, -0.25) is 5.10 Å². The maximum absolute atomic E-state index is 5.52. The molecule has 0 aliphatic heterocycles. The number of nitrogens with zero attached hydrogens (tertiary/aromatic N) is 1. The number of methoxy groups -OCH3 is 1. The number of ether oxygens (including phenoxy) is 1. The molecule has 0 aliphatic rings. The van der Waals surface area contributed by atoms with Crippen molar-refractivity contribution in [2.24, 2.45) is 5.73 Å². The van der Waals surface area contributed by atoms with Crippen LogP contribution in [0.2, 0.25) is 0 Å². The van der Waals surface area contributed by atoms with Crippen LogP contribution in [0.25, 0.3) is 11.3 Å². The molecule has 0 bridgehead atoms. The van der Waals surface area contributed by atoms with Crippen LogP contribution in [0.3, 0.4) is 0 Å². The van der Waals surface area contributed by atoms with Gasteiger partial charge in [0.2, 0.25) is 0 Å². The summed E-state index contributed by atoms with van der Waals surface area (Å²) >= 11 is 3.44. The van der Waals surface area contributed by atoms with E-state index < -0.39 is 0 Å². The zero-order valence-electron chi connectivity index (χ0n) is 8.83. The molecule has 1 aromatic carbocycles. The Hall–Kier alpha value is -1.33. The summed E-state index contributed by atoms with van der Waals surface area (Å²) in [4.78, 5) is 0. The Morgan fingerprint density at radius 3 is 2.81 bits per heavy atom. The molecular formula is C11H12BrN3O. The SMILES string of the molecule is COc1ccc(-c2cc(CN)[nH]n2)cc1Br. The zero-order chi connectivity index (χ0) is 11.5. The first-order valence-electron chi connectivity index (χ1n) is 4.83. The summed E-state index contributed by atoms with van der Waals surface area (Å²) in [5.74, 6) is 0.804. The molecule has 84 valence electrons. The van der Waals surface area contributed by atoms with Gasteiger partial charge < -0.3 is 10.5 Å². The van der Waals surface area contributed by atoms with Crippen molar-refractivity contribution in [2.75, 3.05) is 7.11 Å². The van der Waals surface area contributed by atoms with Gasteiger partial charge in [0.15, 0.2) is 0 Å². The van der Waals surface area contributed by atoms with Crippen molar-refractivity contribution < 1.29 is 4.74 Å². The van der Waals surface area contributed by atoms with Crippen LogP contribution in [0.15, 0.2) is 28.7 Å². The molecule has 0 saturated carbocycles. The number of nitrogens with two attached hydrogens (primary N) is 1. The van der Waals surface area contributed by atoms with Gasteiger partial charge in [0.05, 0.1) is 17.3 Å². The Labute approximate surface area is 102 Å². The normalized spacial score (nSPS) is 10.4. The number of hydrogen-bond acceptors (Lipinski definition) is 3. The molecule has 0 spiro atoms. The number of aromatic nitrogens is 2. The van der Waals surface area contributed by atoms with Crippen molar-refractivity contribution in [3.63, 3.8) is 0 Å². The molecular weight excluding hydrogens is 270 g/mol. The molecule has 0 aliphatic carbocycles. The molecule has 2 aromatic rings. The quantitative estimate of drug-likeness (QED) is 0.908. The van der Waals surface area contributed by atoms with E-state index in [1.165, 1.54) is 0 Å². The molecule has 0 atom stereocenters. The first-order valence-corrected chi connectivity index (χ1v) is 5.62. The van der Waals surface area contributed by atoms with E-state index >= 15 is 0 Å². The molecule has 0 radical (unpaired) electrons. The van der Waals surface area contributed by atoms with Crippen molar-refractivity contribution in [3.8, 4) is 17.0 Å². The number of hydrogen-bond donors (Lipinski definition) is 2. The van der Waals surface area contributed by atoms with Crippen molar-refractivity contribution in [2.45, 2.75) is 6.54 Å². The van der Waals surface area contributed by atoms with Crippen molar-refractivity contribution >= 4 is 15.9 Å². The summed E-state index contributed by atoms with van der Waals surface area (Å²) in [5.41, 5.74) is 8.33. The lowest BCUT2D eigenvalue weighted by Gasteiger charge is -2.04. The molecule has 0 fully saturated rings. The highest BCUT2D eigenvalue weighted by atomic mass is 79.9. The van der Waals surface area contributed by atoms with E-state index in [1.54, 1.807) is 7.11 Å². The van der Waals surface area contributed by atoms with Crippen LogP contribution in [0.4, 0.5) is 0 Å². The van der Waals surface area contributed by atoms with Crippen molar-refractivity contribution in [1.82, 2.24) is 10.2 Å². The second kappa shape index (κ2) is 4.67. The number of aromatic amines is 1. The molecule has 0 amide bonds. The van der Waals surface area contributed by atoms with Crippen LogP contribution in [0.1, 0.15) is 5.69 Å². The van der Waals surface area contributed by atoms with Crippen molar-refractivity contribution in [3.05, 3.63) is 34.4 Å². The average molecular weight is 282 g/mol. The number of H-pyrrole nitrogens is 1. The summed E-state index contributed by atoms with van der Waals surface area (Å²) < 4.78 is 6.07. The Morgan fingerprint density at radius 1 is 1.44 bits per heavy atom. The predicted molar refractivity (Wildman–Crippen MR) is 66.2 cm³/mol. The van der Waals surface area contributed by atoms with Gasteiger partial charge in [0.1, 0.15) is 5.75 Å². The fourth-order valence-electron chi connectivity index (χ4n) is 1.44. The van der Waals surface area contributed by atoms with E-state index in [4.69, 9.17) is 10.5 Å². The largest absolute Gasteiger partial charge is 0.496 e. The lowest BCUT2D eigenvalue weighted by molar-refractivity contribution is 0.412. The smallest absolute Gasteiger partial charge is 0.133 e. The van der Waals surface area contributed by atoms with Gasteiger partial charge in [-0.25, -0.2) is 0 Å². The third-order valence-electron chi connectivity index (χ3n) is 2.30. The maximum Gasteiger partial charge on any atom is 0.133 e. The first-order chi connectivity index (χ1) is 7.74. The van der Waals surface area contributed by atoms with E-state index in [0.29, 0.717) is 6.54 Å². The maximum atomic E-state index is 5.52. The molecule has 5 heteroatoms. The van der Waals surface area contributed by atoms with Crippen LogP contribution < -0.4 is 10.5 Å². The third kappa shape index (κ3) is 2.10. The molecule has 4 nitrogen and oxygen atoms in total. The highest BCUT2D eigenvalue weighted by Crippen LogP contribution is 2.29. The van der Waals surface area contributed by atoms with E-state index in [9.17, 15) is 0 Å². The first kappa shape index (κ1) is 11.2. The van der Waals surface area contributed by atoms with E-state index in [2.05, 4.69) is 26.1 Å². The summed E-state index contributed by atoms with van der Waals surface area (Å²) in [6, 6.07) is 7.76. The predicted octanol–water partition coefficient (Wildman–Crippen LogP) is 2.31. The minimum Gasteiger partial charge on any atom is -0.496 e. The lowest BCUT2D eigenvalue weighted by Crippen LogP contribution is -1.95. The second-order valence-electron chi connectivity index (χ2n) is 3.33. The molecule has 1 heterocycles. The summed E-state index contributed by atoms with van der Waals surface area (Å²) in [6.07, 6.45) is 0. The Morgan fingerprint density at radius 2 is 2.25 bits per heavy atom. The number of halogens is 1. The van der Waals surface area contributed by atoms with Crippen LogP contribution in [-0.2, 0) is 6.54 Å². The van der Waals surface area contributed by atoms with Crippen LogP contribution in [0, 0.1) is 0 Å². The van der Waals surface area contributed by atoms with Gasteiger partial charge in [-0.1, -0.05) is 0 Å². The molecule has 0 unspecified atom stereocenters. The molecule has 1 aromatic heterocycles. The van der Waals surface area contributed by atoms with Gasteiger partial charge in [0, 0.05) is 17.8 Å². The van der Waals surface area contributed by atoms with Gasteiger partial charge in [-0.15, -0.1) is 0 Å². The van der Waals surface area contributed by atoms with E-state index in [-0.39, 0.29) is 0 Å². The number of benzene rings is 1.